The minimum Gasteiger partial charge on any atom is -0.459 e. The number of nitrogens with one attached hydrogen (secondary N) is 2. The summed E-state index contributed by atoms with van der Waals surface area (Å²) >= 11 is 0. The highest BCUT2D eigenvalue weighted by molar-refractivity contribution is 5.84. The van der Waals surface area contributed by atoms with Crippen molar-refractivity contribution in [2.24, 2.45) is 4.99 Å². The molecule has 0 saturated carbocycles. The lowest BCUT2D eigenvalue weighted by atomic mass is 10.1. The van der Waals surface area contributed by atoms with Gasteiger partial charge in [0.05, 0.1) is 0 Å². The lowest BCUT2D eigenvalue weighted by molar-refractivity contribution is -0.153. The Labute approximate surface area is 150 Å². The molecule has 138 valence electrons. The zero-order valence-corrected chi connectivity index (χ0v) is 15.7. The average Bonchev–Trinajstić information content (AvgIpc) is 2.58. The van der Waals surface area contributed by atoms with Crippen molar-refractivity contribution in [3.8, 4) is 0 Å². The van der Waals surface area contributed by atoms with Crippen molar-refractivity contribution in [1.82, 2.24) is 10.6 Å². The van der Waals surface area contributed by atoms with Gasteiger partial charge in [-0.05, 0) is 45.7 Å². The van der Waals surface area contributed by atoms with Crippen LogP contribution in [0.1, 0.15) is 33.6 Å². The standard InChI is InChI=1S/C19H30N4O2/c1-19(2,3)25-17(24)13-21-18(20-4)22-15-9-8-12-23(14-15)16-10-6-5-7-11-16/h5-7,10-11,15H,8-9,12-14H2,1-4H3,(H2,20,21,22). The molecule has 1 aromatic rings. The van der Waals surface area contributed by atoms with Gasteiger partial charge in [0.15, 0.2) is 5.96 Å². The summed E-state index contributed by atoms with van der Waals surface area (Å²) in [6.07, 6.45) is 2.20. The Bertz CT molecular complexity index is 581. The molecule has 6 heteroatoms. The first-order valence-corrected chi connectivity index (χ1v) is 8.86. The largest absolute Gasteiger partial charge is 0.459 e. The van der Waals surface area contributed by atoms with Gasteiger partial charge < -0.3 is 20.3 Å². The molecular formula is C19H30N4O2. The average molecular weight is 346 g/mol. The van der Waals surface area contributed by atoms with Gasteiger partial charge in [0.2, 0.25) is 0 Å². The van der Waals surface area contributed by atoms with E-state index < -0.39 is 5.60 Å². The Morgan fingerprint density at radius 1 is 1.32 bits per heavy atom. The topological polar surface area (TPSA) is 66.0 Å². The van der Waals surface area contributed by atoms with Crippen molar-refractivity contribution in [3.05, 3.63) is 30.3 Å². The number of aliphatic imine (C=N–C) groups is 1. The van der Waals surface area contributed by atoms with E-state index in [1.165, 1.54) is 5.69 Å². The number of hydrogen-bond acceptors (Lipinski definition) is 4. The molecule has 1 aliphatic rings. The van der Waals surface area contributed by atoms with E-state index in [9.17, 15) is 4.79 Å². The molecule has 1 atom stereocenters. The van der Waals surface area contributed by atoms with Crippen LogP contribution >= 0.6 is 0 Å². The SMILES string of the molecule is CN=C(NCC(=O)OC(C)(C)C)NC1CCCN(c2ccccc2)C1. The molecule has 1 fully saturated rings. The van der Waals surface area contributed by atoms with E-state index >= 15 is 0 Å². The summed E-state index contributed by atoms with van der Waals surface area (Å²) in [5.74, 6) is 0.343. The Balaban J connectivity index is 1.83. The van der Waals surface area contributed by atoms with Gasteiger partial charge in [-0.1, -0.05) is 18.2 Å². The van der Waals surface area contributed by atoms with Crippen LogP contribution in [-0.4, -0.2) is 50.3 Å². The lowest BCUT2D eigenvalue weighted by Crippen LogP contribution is -2.52. The molecule has 2 N–H and O–H groups in total. The van der Waals surface area contributed by atoms with Crippen LogP contribution in [0.5, 0.6) is 0 Å². The van der Waals surface area contributed by atoms with E-state index in [0.29, 0.717) is 12.0 Å². The van der Waals surface area contributed by atoms with Crippen molar-refractivity contribution in [2.75, 3.05) is 31.6 Å². The number of para-hydroxylation sites is 1. The number of anilines is 1. The molecule has 0 aliphatic carbocycles. The van der Waals surface area contributed by atoms with Crippen molar-refractivity contribution < 1.29 is 9.53 Å². The maximum Gasteiger partial charge on any atom is 0.325 e. The maximum atomic E-state index is 11.8. The molecule has 2 rings (SSSR count). The number of rotatable bonds is 4. The van der Waals surface area contributed by atoms with Crippen LogP contribution in [0.15, 0.2) is 35.3 Å². The highest BCUT2D eigenvalue weighted by Crippen LogP contribution is 2.19. The summed E-state index contributed by atoms with van der Waals surface area (Å²) in [5, 5.41) is 6.45. The zero-order valence-electron chi connectivity index (χ0n) is 15.7. The summed E-state index contributed by atoms with van der Waals surface area (Å²) in [6.45, 7) is 7.66. The fourth-order valence-electron chi connectivity index (χ4n) is 2.89. The quantitative estimate of drug-likeness (QED) is 0.497. The van der Waals surface area contributed by atoms with Gasteiger partial charge in [-0.3, -0.25) is 9.79 Å². The fraction of sp³-hybridized carbons (Fsp3) is 0.579. The molecule has 1 aromatic carbocycles. The zero-order chi connectivity index (χ0) is 18.3. The smallest absolute Gasteiger partial charge is 0.325 e. The van der Waals surface area contributed by atoms with Crippen LogP contribution < -0.4 is 15.5 Å². The summed E-state index contributed by atoms with van der Waals surface area (Å²) in [7, 11) is 1.71. The molecular weight excluding hydrogens is 316 g/mol. The lowest BCUT2D eigenvalue weighted by Gasteiger charge is -2.35. The number of carbonyl (C=O) groups excluding carboxylic acids is 1. The fourth-order valence-corrected chi connectivity index (χ4v) is 2.89. The summed E-state index contributed by atoms with van der Waals surface area (Å²) in [5.41, 5.74) is 0.764. The van der Waals surface area contributed by atoms with Crippen LogP contribution in [0.2, 0.25) is 0 Å². The normalized spacial score (nSPS) is 18.6. The van der Waals surface area contributed by atoms with Crippen LogP contribution in [0.25, 0.3) is 0 Å². The van der Waals surface area contributed by atoms with Crippen LogP contribution in [0.4, 0.5) is 5.69 Å². The van der Waals surface area contributed by atoms with Gasteiger partial charge in [-0.2, -0.15) is 0 Å². The third kappa shape index (κ3) is 6.64. The molecule has 1 heterocycles. The van der Waals surface area contributed by atoms with Gasteiger partial charge in [0, 0.05) is 31.9 Å². The van der Waals surface area contributed by atoms with Gasteiger partial charge in [-0.15, -0.1) is 0 Å². The summed E-state index contributed by atoms with van der Waals surface area (Å²) < 4.78 is 5.31. The second kappa shape index (κ2) is 8.74. The van der Waals surface area contributed by atoms with Gasteiger partial charge in [-0.25, -0.2) is 0 Å². The number of ether oxygens (including phenoxy) is 1. The minimum atomic E-state index is -0.477. The monoisotopic (exact) mass is 346 g/mol. The summed E-state index contributed by atoms with van der Waals surface area (Å²) in [6, 6.07) is 10.7. The number of guanidine groups is 1. The van der Waals surface area contributed by atoms with Crippen LogP contribution in [0, 0.1) is 0 Å². The van der Waals surface area contributed by atoms with E-state index in [-0.39, 0.29) is 12.5 Å². The molecule has 25 heavy (non-hydrogen) atoms. The first-order valence-electron chi connectivity index (χ1n) is 8.86. The Kier molecular flexibility index (Phi) is 6.67. The Morgan fingerprint density at radius 2 is 2.04 bits per heavy atom. The van der Waals surface area contributed by atoms with Gasteiger partial charge in [0.1, 0.15) is 12.1 Å². The molecule has 0 spiro atoms. The van der Waals surface area contributed by atoms with Crippen molar-refractivity contribution in [1.29, 1.82) is 0 Å². The van der Waals surface area contributed by atoms with Crippen LogP contribution in [-0.2, 0) is 9.53 Å². The van der Waals surface area contributed by atoms with Gasteiger partial charge >= 0.3 is 5.97 Å². The Hall–Kier alpha value is -2.24. The molecule has 6 nitrogen and oxygen atoms in total. The van der Waals surface area contributed by atoms with Crippen molar-refractivity contribution in [2.45, 2.75) is 45.3 Å². The molecule has 1 aliphatic heterocycles. The van der Waals surface area contributed by atoms with E-state index in [1.54, 1.807) is 7.05 Å². The molecule has 1 saturated heterocycles. The third-order valence-electron chi connectivity index (χ3n) is 3.93. The minimum absolute atomic E-state index is 0.103. The second-order valence-electron chi connectivity index (χ2n) is 7.28. The predicted octanol–water partition coefficient (Wildman–Crippen LogP) is 2.16. The van der Waals surface area contributed by atoms with E-state index in [1.807, 2.05) is 26.8 Å². The van der Waals surface area contributed by atoms with Crippen molar-refractivity contribution in [3.63, 3.8) is 0 Å². The highest BCUT2D eigenvalue weighted by Gasteiger charge is 2.21. The number of piperidine rings is 1. The third-order valence-corrected chi connectivity index (χ3v) is 3.93. The van der Waals surface area contributed by atoms with E-state index in [2.05, 4.69) is 44.8 Å². The number of benzene rings is 1. The summed E-state index contributed by atoms with van der Waals surface area (Å²) in [4.78, 5) is 18.4. The van der Waals surface area contributed by atoms with Crippen LogP contribution in [0.3, 0.4) is 0 Å². The predicted molar refractivity (Wildman–Crippen MR) is 102 cm³/mol. The number of esters is 1. The number of carbonyl (C=O) groups is 1. The molecule has 0 amide bonds. The van der Waals surface area contributed by atoms with E-state index in [0.717, 1.165) is 25.9 Å². The second-order valence-corrected chi connectivity index (χ2v) is 7.28. The van der Waals surface area contributed by atoms with Crippen molar-refractivity contribution >= 4 is 17.6 Å². The maximum absolute atomic E-state index is 11.8. The highest BCUT2D eigenvalue weighted by atomic mass is 16.6. The molecule has 0 bridgehead atoms. The Morgan fingerprint density at radius 3 is 2.68 bits per heavy atom. The van der Waals surface area contributed by atoms with Gasteiger partial charge in [0.25, 0.3) is 0 Å². The molecule has 0 radical (unpaired) electrons. The molecule has 0 aromatic heterocycles. The number of hydrogen-bond donors (Lipinski definition) is 2. The first kappa shape index (κ1) is 19.1. The van der Waals surface area contributed by atoms with E-state index in [4.69, 9.17) is 4.74 Å². The molecule has 1 unspecified atom stereocenters. The first-order chi connectivity index (χ1) is 11.9. The number of nitrogens with zero attached hydrogens (tertiary/aromatic N) is 2.